The van der Waals surface area contributed by atoms with Crippen LogP contribution >= 0.6 is 0 Å². The van der Waals surface area contributed by atoms with Gasteiger partial charge in [-0.2, -0.15) is 0 Å². The summed E-state index contributed by atoms with van der Waals surface area (Å²) in [6.07, 6.45) is 2.22. The third-order valence-electron chi connectivity index (χ3n) is 2.33. The highest BCUT2D eigenvalue weighted by molar-refractivity contribution is 4.94. The van der Waals surface area contributed by atoms with Crippen LogP contribution < -0.4 is 5.32 Å². The van der Waals surface area contributed by atoms with Gasteiger partial charge in [0, 0.05) is 12.6 Å². The van der Waals surface area contributed by atoms with Crippen molar-refractivity contribution in [2.24, 2.45) is 5.92 Å². The second-order valence-electron chi connectivity index (χ2n) is 2.90. The van der Waals surface area contributed by atoms with Gasteiger partial charge < -0.3 is 10.4 Å². The van der Waals surface area contributed by atoms with Crippen LogP contribution in [-0.2, 0) is 0 Å². The van der Waals surface area contributed by atoms with E-state index in [1.807, 2.05) is 0 Å². The normalized spacial score (nSPS) is 52.9. The Hall–Kier alpha value is -0.0800. The Morgan fingerprint density at radius 2 is 2.25 bits per heavy atom. The number of aliphatic hydroxyl groups excluding tert-OH is 1. The van der Waals surface area contributed by atoms with E-state index in [0.29, 0.717) is 12.0 Å². The van der Waals surface area contributed by atoms with Crippen molar-refractivity contribution < 1.29 is 5.11 Å². The van der Waals surface area contributed by atoms with Crippen molar-refractivity contribution in [3.8, 4) is 0 Å². The van der Waals surface area contributed by atoms with Gasteiger partial charge in [0.05, 0.1) is 6.10 Å². The van der Waals surface area contributed by atoms with Crippen molar-refractivity contribution in [3.63, 3.8) is 0 Å². The molecule has 0 amide bonds. The Morgan fingerprint density at radius 1 is 1.38 bits per heavy atom. The summed E-state index contributed by atoms with van der Waals surface area (Å²) < 4.78 is 0. The van der Waals surface area contributed by atoms with Crippen molar-refractivity contribution in [1.82, 2.24) is 5.32 Å². The van der Waals surface area contributed by atoms with Crippen LogP contribution in [0, 0.1) is 5.92 Å². The molecule has 2 rings (SSSR count). The number of hydrogen-bond acceptors (Lipinski definition) is 2. The standard InChI is InChI=1S/C6H11NO/c8-6-2-5-1-4(6)3-7-5/h4-8H,1-3H2/t4-,5-,6+/m1/s1. The summed E-state index contributed by atoms with van der Waals surface area (Å²) in [5.41, 5.74) is 0. The summed E-state index contributed by atoms with van der Waals surface area (Å²) >= 11 is 0. The number of piperidine rings is 1. The molecule has 2 aliphatic rings. The SMILES string of the molecule is O[C@H]1C[C@H]2C[C@@H]1CN2. The minimum absolute atomic E-state index is 0.0150. The molecule has 2 heteroatoms. The number of nitrogens with one attached hydrogen (secondary N) is 1. The fourth-order valence-corrected chi connectivity index (χ4v) is 1.81. The molecule has 0 aromatic carbocycles. The Labute approximate surface area is 48.9 Å². The zero-order valence-corrected chi connectivity index (χ0v) is 4.80. The Kier molecular flexibility index (Phi) is 0.866. The molecule has 46 valence electrons. The summed E-state index contributed by atoms with van der Waals surface area (Å²) in [7, 11) is 0. The van der Waals surface area contributed by atoms with Gasteiger partial charge in [0.2, 0.25) is 0 Å². The van der Waals surface area contributed by atoms with E-state index in [9.17, 15) is 5.11 Å². The lowest BCUT2D eigenvalue weighted by atomic mass is 10.1. The van der Waals surface area contributed by atoms with Gasteiger partial charge in [-0.05, 0) is 18.8 Å². The first-order valence-electron chi connectivity index (χ1n) is 3.28. The number of rotatable bonds is 0. The maximum Gasteiger partial charge on any atom is 0.0595 e. The molecule has 1 aliphatic carbocycles. The van der Waals surface area contributed by atoms with E-state index >= 15 is 0 Å². The molecular weight excluding hydrogens is 102 g/mol. The molecule has 0 aromatic heterocycles. The first-order valence-corrected chi connectivity index (χ1v) is 3.28. The van der Waals surface area contributed by atoms with Gasteiger partial charge in [-0.3, -0.25) is 0 Å². The predicted octanol–water partition coefficient (Wildman–Crippen LogP) is -0.271. The van der Waals surface area contributed by atoms with Crippen LogP contribution in [0.1, 0.15) is 12.8 Å². The lowest BCUT2D eigenvalue weighted by Crippen LogP contribution is -2.32. The summed E-state index contributed by atoms with van der Waals surface area (Å²) in [4.78, 5) is 0. The highest BCUT2D eigenvalue weighted by atomic mass is 16.3. The molecule has 2 bridgehead atoms. The average molecular weight is 113 g/mol. The van der Waals surface area contributed by atoms with Gasteiger partial charge in [0.1, 0.15) is 0 Å². The van der Waals surface area contributed by atoms with Crippen molar-refractivity contribution in [3.05, 3.63) is 0 Å². The van der Waals surface area contributed by atoms with Crippen molar-refractivity contribution in [1.29, 1.82) is 0 Å². The molecular formula is C6H11NO. The van der Waals surface area contributed by atoms with Crippen LogP contribution in [0.3, 0.4) is 0 Å². The third-order valence-corrected chi connectivity index (χ3v) is 2.33. The minimum Gasteiger partial charge on any atom is -0.393 e. The average Bonchev–Trinajstić information content (AvgIpc) is 2.23. The molecule has 1 aliphatic heterocycles. The molecule has 1 saturated heterocycles. The fraction of sp³-hybridized carbons (Fsp3) is 1.00. The van der Waals surface area contributed by atoms with Crippen LogP contribution in [0.25, 0.3) is 0 Å². The molecule has 2 fully saturated rings. The van der Waals surface area contributed by atoms with Crippen molar-refractivity contribution >= 4 is 0 Å². The first kappa shape index (κ1) is 4.77. The van der Waals surface area contributed by atoms with E-state index in [1.165, 1.54) is 6.42 Å². The monoisotopic (exact) mass is 113 g/mol. The summed E-state index contributed by atoms with van der Waals surface area (Å²) in [5.74, 6) is 0.583. The zero-order valence-electron chi connectivity index (χ0n) is 4.80. The number of fused-ring (bicyclic) bond motifs is 2. The van der Waals surface area contributed by atoms with Crippen LogP contribution in [0.4, 0.5) is 0 Å². The van der Waals surface area contributed by atoms with Crippen LogP contribution in [0.15, 0.2) is 0 Å². The van der Waals surface area contributed by atoms with E-state index in [4.69, 9.17) is 0 Å². The highest BCUT2D eigenvalue weighted by Crippen LogP contribution is 2.30. The first-order chi connectivity index (χ1) is 3.86. The van der Waals surface area contributed by atoms with E-state index in [-0.39, 0.29) is 6.10 Å². The number of hydrogen-bond donors (Lipinski definition) is 2. The maximum atomic E-state index is 9.18. The molecule has 1 heterocycles. The third kappa shape index (κ3) is 0.501. The Bertz CT molecular complexity index is 103. The van der Waals surface area contributed by atoms with Crippen molar-refractivity contribution in [2.45, 2.75) is 25.0 Å². The second kappa shape index (κ2) is 1.45. The molecule has 0 radical (unpaired) electrons. The molecule has 2 N–H and O–H groups in total. The molecule has 3 atom stereocenters. The van der Waals surface area contributed by atoms with Gasteiger partial charge in [0.25, 0.3) is 0 Å². The Balaban J connectivity index is 2.11. The van der Waals surface area contributed by atoms with E-state index < -0.39 is 0 Å². The lowest BCUT2D eigenvalue weighted by Gasteiger charge is -2.15. The zero-order chi connectivity index (χ0) is 5.56. The fourth-order valence-electron chi connectivity index (χ4n) is 1.81. The maximum absolute atomic E-state index is 9.18. The van der Waals surface area contributed by atoms with Crippen LogP contribution in [0.5, 0.6) is 0 Å². The van der Waals surface area contributed by atoms with Gasteiger partial charge in [-0.1, -0.05) is 0 Å². The molecule has 8 heavy (non-hydrogen) atoms. The molecule has 0 spiro atoms. The van der Waals surface area contributed by atoms with E-state index in [2.05, 4.69) is 5.32 Å². The Morgan fingerprint density at radius 3 is 2.50 bits per heavy atom. The second-order valence-corrected chi connectivity index (χ2v) is 2.90. The lowest BCUT2D eigenvalue weighted by molar-refractivity contribution is 0.121. The largest absolute Gasteiger partial charge is 0.393 e. The number of aliphatic hydroxyl groups is 1. The topological polar surface area (TPSA) is 32.3 Å². The summed E-state index contributed by atoms with van der Waals surface area (Å²) in [6.45, 7) is 1.05. The molecule has 0 aromatic rings. The highest BCUT2D eigenvalue weighted by Gasteiger charge is 2.37. The predicted molar refractivity (Wildman–Crippen MR) is 30.5 cm³/mol. The molecule has 2 nitrogen and oxygen atoms in total. The smallest absolute Gasteiger partial charge is 0.0595 e. The van der Waals surface area contributed by atoms with Crippen LogP contribution in [-0.4, -0.2) is 23.8 Å². The molecule has 0 unspecified atom stereocenters. The van der Waals surface area contributed by atoms with E-state index in [0.717, 1.165) is 13.0 Å². The summed E-state index contributed by atoms with van der Waals surface area (Å²) in [6, 6.07) is 0.648. The van der Waals surface area contributed by atoms with Gasteiger partial charge >= 0.3 is 0 Å². The van der Waals surface area contributed by atoms with E-state index in [1.54, 1.807) is 0 Å². The van der Waals surface area contributed by atoms with Gasteiger partial charge in [-0.25, -0.2) is 0 Å². The molecule has 1 saturated carbocycles. The van der Waals surface area contributed by atoms with Crippen LogP contribution in [0.2, 0.25) is 0 Å². The van der Waals surface area contributed by atoms with Gasteiger partial charge in [0.15, 0.2) is 0 Å². The van der Waals surface area contributed by atoms with Gasteiger partial charge in [-0.15, -0.1) is 0 Å². The summed E-state index contributed by atoms with van der Waals surface area (Å²) in [5, 5.41) is 12.5. The quantitative estimate of drug-likeness (QED) is 0.453. The van der Waals surface area contributed by atoms with Crippen molar-refractivity contribution in [2.75, 3.05) is 6.54 Å². The minimum atomic E-state index is 0.0150.